The minimum absolute atomic E-state index is 0.0784. The number of nitrogens with one attached hydrogen (secondary N) is 1. The van der Waals surface area contributed by atoms with E-state index in [1.807, 2.05) is 25.1 Å². The standard InChI is InChI=1S/C17H20N2O3S/c1-10-3-5-14(23-10)17(21)19-16(12-7-13(20)8-12)11-4-6-15(22-2)18-9-11/h3-6,9,12-13,16,20H,7-8H2,1-2H3,(H,19,21)/t12?,13?,16-/m1/s1. The minimum Gasteiger partial charge on any atom is -0.481 e. The number of carbonyl (C=O) groups is 1. The van der Waals surface area contributed by atoms with Gasteiger partial charge in [0.2, 0.25) is 5.88 Å². The lowest BCUT2D eigenvalue weighted by atomic mass is 9.75. The van der Waals surface area contributed by atoms with E-state index in [0.717, 1.165) is 10.4 Å². The predicted octanol–water partition coefficient (Wildman–Crippen LogP) is 2.70. The van der Waals surface area contributed by atoms with Crippen LogP contribution in [0.5, 0.6) is 5.88 Å². The van der Waals surface area contributed by atoms with Gasteiger partial charge in [-0.05, 0) is 43.4 Å². The van der Waals surface area contributed by atoms with Crippen LogP contribution < -0.4 is 10.1 Å². The maximum atomic E-state index is 12.5. The molecule has 2 aromatic heterocycles. The van der Waals surface area contributed by atoms with Gasteiger partial charge in [0.15, 0.2) is 0 Å². The van der Waals surface area contributed by atoms with Crippen molar-refractivity contribution in [1.82, 2.24) is 10.3 Å². The van der Waals surface area contributed by atoms with Crippen molar-refractivity contribution in [1.29, 1.82) is 0 Å². The lowest BCUT2D eigenvalue weighted by Gasteiger charge is -2.38. The Hall–Kier alpha value is -1.92. The van der Waals surface area contributed by atoms with E-state index in [2.05, 4.69) is 10.3 Å². The van der Waals surface area contributed by atoms with Crippen LogP contribution in [0.1, 0.15) is 39.0 Å². The molecule has 1 atom stereocenters. The number of amides is 1. The second-order valence-corrected chi connectivity index (χ2v) is 7.17. The molecule has 0 aliphatic heterocycles. The monoisotopic (exact) mass is 332 g/mol. The largest absolute Gasteiger partial charge is 0.481 e. The number of aliphatic hydroxyl groups is 1. The third-order valence-electron chi connectivity index (χ3n) is 4.20. The van der Waals surface area contributed by atoms with Crippen molar-refractivity contribution < 1.29 is 14.6 Å². The Labute approximate surface area is 139 Å². The Bertz CT molecular complexity index is 677. The summed E-state index contributed by atoms with van der Waals surface area (Å²) in [5.74, 6) is 0.692. The first-order chi connectivity index (χ1) is 11.1. The van der Waals surface area contributed by atoms with E-state index in [1.54, 1.807) is 19.4 Å². The topological polar surface area (TPSA) is 71.5 Å². The fraction of sp³-hybridized carbons (Fsp3) is 0.412. The first kappa shape index (κ1) is 16.0. The summed E-state index contributed by atoms with van der Waals surface area (Å²) in [6.45, 7) is 1.98. The normalized spacial score (nSPS) is 21.3. The molecule has 0 bridgehead atoms. The van der Waals surface area contributed by atoms with Crippen LogP contribution >= 0.6 is 11.3 Å². The number of thiophene rings is 1. The lowest BCUT2D eigenvalue weighted by Crippen LogP contribution is -2.41. The number of aliphatic hydroxyl groups excluding tert-OH is 1. The zero-order chi connectivity index (χ0) is 16.4. The average Bonchev–Trinajstić information content (AvgIpc) is 2.96. The molecular formula is C17H20N2O3S. The van der Waals surface area contributed by atoms with Crippen molar-refractivity contribution in [2.75, 3.05) is 7.11 Å². The number of nitrogens with zero attached hydrogens (tertiary/aromatic N) is 1. The summed E-state index contributed by atoms with van der Waals surface area (Å²) in [6.07, 6.45) is 2.85. The highest BCUT2D eigenvalue weighted by Crippen LogP contribution is 2.38. The lowest BCUT2D eigenvalue weighted by molar-refractivity contribution is 0.0235. The van der Waals surface area contributed by atoms with E-state index >= 15 is 0 Å². The Kier molecular flexibility index (Phi) is 4.63. The predicted molar refractivity (Wildman–Crippen MR) is 88.8 cm³/mol. The van der Waals surface area contributed by atoms with Gasteiger partial charge in [0.05, 0.1) is 24.1 Å². The quantitative estimate of drug-likeness (QED) is 0.883. The Morgan fingerprint density at radius 1 is 1.39 bits per heavy atom. The smallest absolute Gasteiger partial charge is 0.261 e. The highest BCUT2D eigenvalue weighted by Gasteiger charge is 2.36. The zero-order valence-electron chi connectivity index (χ0n) is 13.2. The molecule has 23 heavy (non-hydrogen) atoms. The van der Waals surface area contributed by atoms with Crippen LogP contribution in [0.15, 0.2) is 30.5 Å². The molecule has 0 saturated heterocycles. The SMILES string of the molecule is COc1ccc([C@@H](NC(=O)c2ccc(C)s2)C2CC(O)C2)cn1. The summed E-state index contributed by atoms with van der Waals surface area (Å²) in [7, 11) is 1.57. The van der Waals surface area contributed by atoms with Gasteiger partial charge >= 0.3 is 0 Å². The second-order valence-electron chi connectivity index (χ2n) is 5.88. The van der Waals surface area contributed by atoms with Crippen LogP contribution in [0, 0.1) is 12.8 Å². The summed E-state index contributed by atoms with van der Waals surface area (Å²) in [6, 6.07) is 7.34. The van der Waals surface area contributed by atoms with E-state index in [0.29, 0.717) is 23.6 Å². The average molecular weight is 332 g/mol. The molecule has 1 amide bonds. The Balaban J connectivity index is 1.79. The Morgan fingerprint density at radius 2 is 2.17 bits per heavy atom. The van der Waals surface area contributed by atoms with Crippen molar-refractivity contribution in [3.63, 3.8) is 0 Å². The molecule has 1 aliphatic carbocycles. The number of aromatic nitrogens is 1. The highest BCUT2D eigenvalue weighted by molar-refractivity contribution is 7.13. The molecule has 2 aromatic rings. The van der Waals surface area contributed by atoms with E-state index in [-0.39, 0.29) is 24.0 Å². The number of rotatable bonds is 5. The molecular weight excluding hydrogens is 312 g/mol. The van der Waals surface area contributed by atoms with E-state index in [4.69, 9.17) is 4.74 Å². The second kappa shape index (κ2) is 6.68. The van der Waals surface area contributed by atoms with Gasteiger partial charge in [-0.3, -0.25) is 4.79 Å². The number of hydrogen-bond acceptors (Lipinski definition) is 5. The van der Waals surface area contributed by atoms with Gasteiger partial charge in [0.1, 0.15) is 0 Å². The summed E-state index contributed by atoms with van der Waals surface area (Å²) >= 11 is 1.48. The van der Waals surface area contributed by atoms with Gasteiger partial charge in [0, 0.05) is 17.1 Å². The third kappa shape index (κ3) is 3.54. The van der Waals surface area contributed by atoms with Crippen LogP contribution in [0.2, 0.25) is 0 Å². The minimum atomic E-state index is -0.269. The molecule has 0 unspecified atom stereocenters. The van der Waals surface area contributed by atoms with Crippen LogP contribution in [-0.4, -0.2) is 29.2 Å². The maximum absolute atomic E-state index is 12.5. The molecule has 6 heteroatoms. The zero-order valence-corrected chi connectivity index (χ0v) is 14.0. The molecule has 2 N–H and O–H groups in total. The van der Waals surface area contributed by atoms with Crippen molar-refractivity contribution in [2.24, 2.45) is 5.92 Å². The fourth-order valence-corrected chi connectivity index (χ4v) is 3.61. The van der Waals surface area contributed by atoms with Gasteiger partial charge in [-0.2, -0.15) is 0 Å². The van der Waals surface area contributed by atoms with Gasteiger partial charge < -0.3 is 15.2 Å². The first-order valence-electron chi connectivity index (χ1n) is 7.62. The van der Waals surface area contributed by atoms with Crippen molar-refractivity contribution in [2.45, 2.75) is 31.9 Å². The van der Waals surface area contributed by atoms with Crippen LogP contribution in [0.25, 0.3) is 0 Å². The molecule has 0 radical (unpaired) electrons. The van der Waals surface area contributed by atoms with Gasteiger partial charge in [0.25, 0.3) is 5.91 Å². The molecule has 3 rings (SSSR count). The van der Waals surface area contributed by atoms with Crippen molar-refractivity contribution in [3.8, 4) is 5.88 Å². The van der Waals surface area contributed by atoms with Crippen LogP contribution in [0.4, 0.5) is 0 Å². The van der Waals surface area contributed by atoms with Crippen molar-refractivity contribution in [3.05, 3.63) is 45.8 Å². The number of aryl methyl sites for hydroxylation is 1. The molecule has 2 heterocycles. The van der Waals surface area contributed by atoms with E-state index < -0.39 is 0 Å². The summed E-state index contributed by atoms with van der Waals surface area (Å²) in [5, 5.41) is 12.7. The summed E-state index contributed by atoms with van der Waals surface area (Å²) in [5.41, 5.74) is 0.935. The van der Waals surface area contributed by atoms with E-state index in [9.17, 15) is 9.90 Å². The number of hydrogen-bond donors (Lipinski definition) is 2. The van der Waals surface area contributed by atoms with Gasteiger partial charge in [-0.15, -0.1) is 11.3 Å². The van der Waals surface area contributed by atoms with Gasteiger partial charge in [-0.1, -0.05) is 6.07 Å². The molecule has 1 saturated carbocycles. The van der Waals surface area contributed by atoms with E-state index in [1.165, 1.54) is 11.3 Å². The molecule has 0 spiro atoms. The van der Waals surface area contributed by atoms with Crippen LogP contribution in [0.3, 0.4) is 0 Å². The van der Waals surface area contributed by atoms with Crippen molar-refractivity contribution >= 4 is 17.2 Å². The van der Waals surface area contributed by atoms with Crippen LogP contribution in [-0.2, 0) is 0 Å². The molecule has 122 valence electrons. The number of carbonyl (C=O) groups excluding carboxylic acids is 1. The number of pyridine rings is 1. The molecule has 5 nitrogen and oxygen atoms in total. The molecule has 1 fully saturated rings. The Morgan fingerprint density at radius 3 is 2.70 bits per heavy atom. The summed E-state index contributed by atoms with van der Waals surface area (Å²) < 4.78 is 5.08. The summed E-state index contributed by atoms with van der Waals surface area (Å²) in [4.78, 5) is 18.5. The third-order valence-corrected chi connectivity index (χ3v) is 5.20. The number of ether oxygens (including phenoxy) is 1. The highest BCUT2D eigenvalue weighted by atomic mass is 32.1. The van der Waals surface area contributed by atoms with Gasteiger partial charge in [-0.25, -0.2) is 4.98 Å². The molecule has 0 aromatic carbocycles. The molecule has 1 aliphatic rings. The maximum Gasteiger partial charge on any atom is 0.261 e. The first-order valence-corrected chi connectivity index (χ1v) is 8.43. The number of methoxy groups -OCH3 is 1. The fourth-order valence-electron chi connectivity index (χ4n) is 2.84.